The molecule has 4 amide bonds. The molecule has 0 unspecified atom stereocenters. The fourth-order valence-electron chi connectivity index (χ4n) is 7.12. The van der Waals surface area contributed by atoms with Gasteiger partial charge in [-0.1, -0.05) is 57.7 Å². The summed E-state index contributed by atoms with van der Waals surface area (Å²) in [6.45, 7) is 17.3. The summed E-state index contributed by atoms with van der Waals surface area (Å²) in [6, 6.07) is 5.81. The summed E-state index contributed by atoms with van der Waals surface area (Å²) < 4.78 is 5.94. The second kappa shape index (κ2) is 20.3. The number of allylic oxidation sites excluding steroid dienone is 5. The van der Waals surface area contributed by atoms with Crippen molar-refractivity contribution in [2.45, 2.75) is 85.5 Å². The molecular formula is C46H59N7O8. The van der Waals surface area contributed by atoms with Crippen LogP contribution in [-0.4, -0.2) is 94.6 Å². The Morgan fingerprint density at radius 1 is 1.03 bits per heavy atom. The van der Waals surface area contributed by atoms with Crippen molar-refractivity contribution >= 4 is 35.2 Å². The molecule has 2 heterocycles. The molecule has 3 aromatic rings. The summed E-state index contributed by atoms with van der Waals surface area (Å²) in [7, 11) is 1.39. The van der Waals surface area contributed by atoms with Gasteiger partial charge in [0.1, 0.15) is 42.3 Å². The van der Waals surface area contributed by atoms with E-state index in [1.165, 1.54) is 20.0 Å². The van der Waals surface area contributed by atoms with Gasteiger partial charge in [0.05, 0.1) is 17.0 Å². The summed E-state index contributed by atoms with van der Waals surface area (Å²) in [5.41, 5.74) is 16.9. The zero-order valence-corrected chi connectivity index (χ0v) is 36.2. The number of aliphatic carboxylic acids is 1. The number of amides is 4. The lowest BCUT2D eigenvalue weighted by atomic mass is 9.86. The van der Waals surface area contributed by atoms with E-state index >= 15 is 0 Å². The number of nitrogens with two attached hydrogens (primary N) is 2. The number of pyridine rings is 1. The van der Waals surface area contributed by atoms with Gasteiger partial charge in [0.15, 0.2) is 0 Å². The van der Waals surface area contributed by atoms with Crippen LogP contribution in [0.5, 0.6) is 11.5 Å². The monoisotopic (exact) mass is 837 g/mol. The summed E-state index contributed by atoms with van der Waals surface area (Å²) in [5.74, 6) is -3.98. The van der Waals surface area contributed by atoms with E-state index in [0.29, 0.717) is 33.8 Å². The fourth-order valence-corrected chi connectivity index (χ4v) is 7.12. The van der Waals surface area contributed by atoms with Crippen molar-refractivity contribution < 1.29 is 38.9 Å². The van der Waals surface area contributed by atoms with Gasteiger partial charge in [-0.15, -0.1) is 0 Å². The summed E-state index contributed by atoms with van der Waals surface area (Å²) in [5, 5.41) is 29.0. The number of phenolic OH excluding ortho intramolecular Hbond substituents is 1. The van der Waals surface area contributed by atoms with Crippen molar-refractivity contribution in [3.8, 4) is 22.6 Å². The van der Waals surface area contributed by atoms with Crippen LogP contribution in [0.3, 0.4) is 0 Å². The third-order valence-electron chi connectivity index (χ3n) is 10.5. The van der Waals surface area contributed by atoms with E-state index in [0.717, 1.165) is 16.0 Å². The summed E-state index contributed by atoms with van der Waals surface area (Å²) >= 11 is 0. The predicted molar refractivity (Wildman–Crippen MR) is 235 cm³/mol. The number of aromatic hydroxyl groups is 1. The molecule has 4 atom stereocenters. The third kappa shape index (κ3) is 11.5. The van der Waals surface area contributed by atoms with Gasteiger partial charge in [-0.05, 0) is 104 Å². The first-order chi connectivity index (χ1) is 28.7. The third-order valence-corrected chi connectivity index (χ3v) is 10.5. The normalized spacial score (nSPS) is 17.9. The molecule has 0 saturated heterocycles. The molecule has 0 aliphatic carbocycles. The van der Waals surface area contributed by atoms with Crippen LogP contribution in [0.4, 0.5) is 0 Å². The van der Waals surface area contributed by atoms with Crippen molar-refractivity contribution in [1.29, 1.82) is 0 Å². The Hall–Kier alpha value is -6.32. The summed E-state index contributed by atoms with van der Waals surface area (Å²) in [4.78, 5) is 74.4. The van der Waals surface area contributed by atoms with E-state index in [1.54, 1.807) is 50.2 Å². The molecular weight excluding hydrogens is 779 g/mol. The van der Waals surface area contributed by atoms with Crippen LogP contribution < -0.4 is 32.2 Å². The van der Waals surface area contributed by atoms with Crippen molar-refractivity contribution in [3.05, 3.63) is 106 Å². The van der Waals surface area contributed by atoms with Crippen LogP contribution in [-0.2, 0) is 25.6 Å². The number of hydrogen-bond acceptors (Lipinski definition) is 10. The first-order valence-electron chi connectivity index (χ1n) is 20.1. The molecule has 326 valence electrons. The molecule has 0 spiro atoms. The van der Waals surface area contributed by atoms with E-state index in [-0.39, 0.29) is 60.4 Å². The van der Waals surface area contributed by atoms with Crippen molar-refractivity contribution in [2.75, 3.05) is 26.7 Å². The Kier molecular flexibility index (Phi) is 15.8. The van der Waals surface area contributed by atoms with E-state index in [9.17, 15) is 34.2 Å². The molecule has 0 fully saturated rings. The molecule has 2 aromatic carbocycles. The zero-order valence-electron chi connectivity index (χ0n) is 36.2. The maximum atomic E-state index is 14.5. The zero-order chi connectivity index (χ0) is 45.3. The Morgan fingerprint density at radius 3 is 2.34 bits per heavy atom. The molecule has 1 aliphatic rings. The van der Waals surface area contributed by atoms with Gasteiger partial charge in [-0.25, -0.2) is 4.79 Å². The quantitative estimate of drug-likeness (QED) is 0.120. The standard InChI is InChI=1S/C46H59N7O8/c1-10-31(46(6,7)8)14-11-25(2)35-21-26(3)39(27(4)49-35)42(56)51-34(17-18-47)44(58)53(9)40-30-13-16-38(61-20-19-48)33(24-30)32-22-29(12-15-37(32)54)23-36(45(59)60)52-41(55)28(5)50-43(40)57/h10-16,21-22,24,28,34,36,40,54H,1,17-20,23,47-48H2,2-9H3,(H,50,57)(H,51,56)(H,52,55)(H,59,60)/b25-11+,31-14+/t28-,34-,36-,40-/m0/s1. The minimum atomic E-state index is -1.42. The molecule has 9 N–H and O–H groups in total. The van der Waals surface area contributed by atoms with Gasteiger partial charge < -0.3 is 47.3 Å². The highest BCUT2D eigenvalue weighted by Crippen LogP contribution is 2.39. The number of carboxylic acid groups (broad SMARTS) is 1. The number of aryl methyl sites for hydroxylation is 2. The SMILES string of the molecule is C=C/C(=C\C=C(/C)c1cc(C)c(C(=O)N[C@@H](CCN)C(=O)N(C)[C@@H]2C(=O)N[C@@H](C)C(=O)N[C@H](C(=O)O)Cc3ccc(O)c(c3)-c3cc2ccc3OCCN)c(C)n1)C(C)(C)C. The minimum Gasteiger partial charge on any atom is -0.507 e. The first-order valence-corrected chi connectivity index (χ1v) is 20.1. The van der Waals surface area contributed by atoms with Gasteiger partial charge in [-0.2, -0.15) is 0 Å². The number of carbonyl (C=O) groups is 5. The second-order valence-corrected chi connectivity index (χ2v) is 16.2. The topological polar surface area (TPSA) is 239 Å². The predicted octanol–water partition coefficient (Wildman–Crippen LogP) is 4.25. The minimum absolute atomic E-state index is 0.00417. The van der Waals surface area contributed by atoms with Gasteiger partial charge in [0.25, 0.3) is 5.91 Å². The number of hydrogen-bond donors (Lipinski definition) is 7. The number of likely N-dealkylation sites (N-methyl/N-ethyl adjacent to an activating group) is 1. The van der Waals surface area contributed by atoms with Crippen molar-refractivity contribution in [2.24, 2.45) is 16.9 Å². The largest absolute Gasteiger partial charge is 0.507 e. The molecule has 61 heavy (non-hydrogen) atoms. The van der Waals surface area contributed by atoms with E-state index < -0.39 is 53.8 Å². The number of rotatable bonds is 13. The molecule has 4 bridgehead atoms. The Morgan fingerprint density at radius 2 is 1.74 bits per heavy atom. The van der Waals surface area contributed by atoms with Crippen LogP contribution in [0.1, 0.15) is 85.5 Å². The molecule has 15 nitrogen and oxygen atoms in total. The number of aromatic nitrogens is 1. The number of nitrogens with zero attached hydrogens (tertiary/aromatic N) is 2. The van der Waals surface area contributed by atoms with Gasteiger partial charge >= 0.3 is 5.97 Å². The van der Waals surface area contributed by atoms with E-state index in [2.05, 4.69) is 43.3 Å². The Labute approximate surface area is 357 Å². The van der Waals surface area contributed by atoms with E-state index in [4.69, 9.17) is 21.2 Å². The number of benzene rings is 2. The van der Waals surface area contributed by atoms with Crippen molar-refractivity contribution in [3.63, 3.8) is 0 Å². The maximum Gasteiger partial charge on any atom is 0.326 e. The highest BCUT2D eigenvalue weighted by atomic mass is 16.5. The average Bonchev–Trinajstić information content (AvgIpc) is 3.19. The molecule has 15 heteroatoms. The smallest absolute Gasteiger partial charge is 0.326 e. The number of carboxylic acids is 1. The number of phenols is 1. The number of ether oxygens (including phenoxy) is 1. The molecule has 4 rings (SSSR count). The lowest BCUT2D eigenvalue weighted by molar-refractivity contribution is -0.143. The van der Waals surface area contributed by atoms with Crippen LogP contribution in [0, 0.1) is 19.3 Å². The van der Waals surface area contributed by atoms with Crippen LogP contribution in [0.25, 0.3) is 16.7 Å². The lowest BCUT2D eigenvalue weighted by Gasteiger charge is -2.32. The second-order valence-electron chi connectivity index (χ2n) is 16.2. The average molecular weight is 838 g/mol. The Bertz CT molecular complexity index is 2220. The van der Waals surface area contributed by atoms with Crippen LogP contribution in [0.2, 0.25) is 0 Å². The van der Waals surface area contributed by atoms with Gasteiger partial charge in [-0.3, -0.25) is 24.2 Å². The maximum absolute atomic E-state index is 14.5. The number of nitrogens with one attached hydrogen (secondary N) is 3. The molecule has 1 aliphatic heterocycles. The van der Waals surface area contributed by atoms with Gasteiger partial charge in [0, 0.05) is 31.1 Å². The highest BCUT2D eigenvalue weighted by molar-refractivity contribution is 6.01. The number of fused-ring (bicyclic) bond motifs is 5. The highest BCUT2D eigenvalue weighted by Gasteiger charge is 2.36. The molecule has 0 radical (unpaired) electrons. The first kappa shape index (κ1) is 47.4. The van der Waals surface area contributed by atoms with Crippen LogP contribution in [0.15, 0.2) is 72.8 Å². The molecule has 0 saturated carbocycles. The summed E-state index contributed by atoms with van der Waals surface area (Å²) in [6.07, 6.45) is 5.65. The lowest BCUT2D eigenvalue weighted by Crippen LogP contribution is -2.55. The fraction of sp³-hybridized carbons (Fsp3) is 0.391. The van der Waals surface area contributed by atoms with Crippen LogP contribution >= 0.6 is 0 Å². The number of carbonyl (C=O) groups excluding carboxylic acids is 4. The van der Waals surface area contributed by atoms with Gasteiger partial charge in [0.2, 0.25) is 17.7 Å². The van der Waals surface area contributed by atoms with Crippen molar-refractivity contribution in [1.82, 2.24) is 25.8 Å². The molecule has 1 aromatic heterocycles. The Balaban J connectivity index is 1.77. The van der Waals surface area contributed by atoms with E-state index in [1.807, 2.05) is 25.2 Å².